The van der Waals surface area contributed by atoms with Crippen molar-refractivity contribution in [2.45, 2.75) is 37.5 Å². The summed E-state index contributed by atoms with van der Waals surface area (Å²) in [5.74, 6) is 2.22. The molecule has 2 saturated heterocycles. The zero-order valence-corrected chi connectivity index (χ0v) is 22.2. The number of thioether (sulfide) groups is 2. The number of hydrogen-bond acceptors (Lipinski definition) is 6. The first-order chi connectivity index (χ1) is 15.0. The molecule has 4 rings (SSSR count). The maximum Gasteiger partial charge on any atom is 0.186 e. The topological polar surface area (TPSA) is 40.6 Å². The molecular formula is C24H33Cl2FN2O2S2. The van der Waals surface area contributed by atoms with Crippen LogP contribution in [-0.2, 0) is 9.59 Å². The zero-order chi connectivity index (χ0) is 21.8. The fourth-order valence-corrected chi connectivity index (χ4v) is 6.41. The Morgan fingerprint density at radius 2 is 1.85 bits per heavy atom. The van der Waals surface area contributed by atoms with Crippen LogP contribution in [0.2, 0.25) is 0 Å². The summed E-state index contributed by atoms with van der Waals surface area (Å²) in [4.78, 5) is 29.7. The molecule has 1 aromatic carbocycles. The highest BCUT2D eigenvalue weighted by Crippen LogP contribution is 2.40. The summed E-state index contributed by atoms with van der Waals surface area (Å²) in [7, 11) is 0. The molecule has 2 unspecified atom stereocenters. The number of halogens is 3. The fourth-order valence-electron chi connectivity index (χ4n) is 4.48. The first-order valence-electron chi connectivity index (χ1n) is 11.2. The van der Waals surface area contributed by atoms with Gasteiger partial charge in [-0.15, -0.1) is 24.8 Å². The molecule has 0 spiro atoms. The van der Waals surface area contributed by atoms with E-state index in [1.165, 1.54) is 23.4 Å². The number of likely N-dealkylation sites (tertiary alicyclic amines) is 1. The molecule has 0 bridgehead atoms. The maximum absolute atomic E-state index is 14.7. The van der Waals surface area contributed by atoms with Crippen LogP contribution in [0.25, 0.3) is 0 Å². The van der Waals surface area contributed by atoms with Crippen molar-refractivity contribution in [1.82, 2.24) is 9.80 Å². The molecule has 3 aliphatic rings. The van der Waals surface area contributed by atoms with Crippen LogP contribution >= 0.6 is 48.3 Å². The molecule has 2 aliphatic heterocycles. The van der Waals surface area contributed by atoms with Crippen LogP contribution in [0.3, 0.4) is 0 Å². The van der Waals surface area contributed by atoms with Crippen LogP contribution in [0.15, 0.2) is 35.9 Å². The fraction of sp³-hybridized carbons (Fsp3) is 0.583. The summed E-state index contributed by atoms with van der Waals surface area (Å²) in [6.07, 6.45) is 4.89. The van der Waals surface area contributed by atoms with E-state index in [0.29, 0.717) is 18.7 Å². The van der Waals surface area contributed by atoms with Gasteiger partial charge in [0.25, 0.3) is 0 Å². The van der Waals surface area contributed by atoms with Crippen molar-refractivity contribution in [3.63, 3.8) is 0 Å². The van der Waals surface area contributed by atoms with Gasteiger partial charge in [0.15, 0.2) is 10.9 Å². The van der Waals surface area contributed by atoms with Crippen LogP contribution in [-0.4, -0.2) is 70.2 Å². The van der Waals surface area contributed by atoms with Gasteiger partial charge in [-0.25, -0.2) is 4.39 Å². The van der Waals surface area contributed by atoms with Crippen molar-refractivity contribution in [2.75, 3.05) is 44.2 Å². The minimum absolute atomic E-state index is 0. The van der Waals surface area contributed by atoms with E-state index in [9.17, 15) is 14.0 Å². The molecule has 2 atom stereocenters. The van der Waals surface area contributed by atoms with E-state index in [2.05, 4.69) is 15.9 Å². The van der Waals surface area contributed by atoms with Gasteiger partial charge in [0.2, 0.25) is 0 Å². The molecular weight excluding hydrogens is 502 g/mol. The second kappa shape index (κ2) is 13.5. The van der Waals surface area contributed by atoms with Gasteiger partial charge in [-0.3, -0.25) is 19.4 Å². The molecule has 184 valence electrons. The van der Waals surface area contributed by atoms with Crippen LogP contribution in [0.4, 0.5) is 4.39 Å². The quantitative estimate of drug-likeness (QED) is 0.457. The van der Waals surface area contributed by atoms with Crippen molar-refractivity contribution in [2.24, 2.45) is 5.92 Å². The highest BCUT2D eigenvalue weighted by molar-refractivity contribution is 8.14. The Kier molecular flexibility index (Phi) is 11.7. The highest BCUT2D eigenvalue weighted by Gasteiger charge is 2.41. The Labute approximate surface area is 217 Å². The standard InChI is InChI=1S/C24H31FN2O2S2.2ClH/c1-17(28)31-22-9-11-27(16-19(22)8-10-26-12-14-30-15-13-26)23(24(29)18-6-7-18)20-4-2-3-5-21(20)25;;/h2-5,8,18,22-23H,6-7,9-16H2,1H3;2*1H/b19-8+;;. The number of hydrogen-bond donors (Lipinski definition) is 0. The molecule has 1 aliphatic carbocycles. The Morgan fingerprint density at radius 1 is 1.15 bits per heavy atom. The van der Waals surface area contributed by atoms with Gasteiger partial charge in [-0.1, -0.05) is 36.0 Å². The van der Waals surface area contributed by atoms with Gasteiger partial charge < -0.3 is 0 Å². The summed E-state index contributed by atoms with van der Waals surface area (Å²) < 4.78 is 14.7. The molecule has 0 N–H and O–H groups in total. The summed E-state index contributed by atoms with van der Waals surface area (Å²) in [5, 5.41) is 0.267. The first-order valence-corrected chi connectivity index (χ1v) is 13.2. The number of nitrogens with zero attached hydrogens (tertiary/aromatic N) is 2. The lowest BCUT2D eigenvalue weighted by molar-refractivity contribution is -0.126. The van der Waals surface area contributed by atoms with Crippen molar-refractivity contribution in [1.29, 1.82) is 0 Å². The van der Waals surface area contributed by atoms with E-state index in [1.807, 2.05) is 17.8 Å². The molecule has 0 radical (unpaired) electrons. The van der Waals surface area contributed by atoms with Crippen LogP contribution in [0.5, 0.6) is 0 Å². The van der Waals surface area contributed by atoms with Gasteiger partial charge in [0, 0.05) is 67.9 Å². The van der Waals surface area contributed by atoms with Crippen LogP contribution in [0, 0.1) is 11.7 Å². The monoisotopic (exact) mass is 534 g/mol. The second-order valence-electron chi connectivity index (χ2n) is 8.65. The molecule has 1 aromatic rings. The minimum atomic E-state index is -0.535. The number of piperidine rings is 1. The number of carbonyl (C=O) groups is 2. The molecule has 0 aromatic heterocycles. The average molecular weight is 536 g/mol. The predicted octanol–water partition coefficient (Wildman–Crippen LogP) is 5.02. The van der Waals surface area contributed by atoms with Gasteiger partial charge in [-0.05, 0) is 30.9 Å². The SMILES string of the molecule is CC(=O)SC1CCN(C(C(=O)C2CC2)c2ccccc2F)C/C1=C\CN1CCSCC1.Cl.Cl. The number of carbonyl (C=O) groups excluding carboxylic acids is 2. The van der Waals surface area contributed by atoms with Crippen molar-refractivity contribution in [3.05, 3.63) is 47.3 Å². The maximum atomic E-state index is 14.7. The van der Waals surface area contributed by atoms with Gasteiger partial charge in [0.1, 0.15) is 5.82 Å². The Hall–Kier alpha value is -0.570. The molecule has 33 heavy (non-hydrogen) atoms. The lowest BCUT2D eigenvalue weighted by atomic mass is 9.93. The molecule has 3 fully saturated rings. The van der Waals surface area contributed by atoms with E-state index in [0.717, 1.165) is 50.4 Å². The van der Waals surface area contributed by atoms with Gasteiger partial charge in [-0.2, -0.15) is 11.8 Å². The summed E-state index contributed by atoms with van der Waals surface area (Å²) in [6, 6.07) is 6.16. The molecule has 0 amide bonds. The third-order valence-electron chi connectivity index (χ3n) is 6.32. The van der Waals surface area contributed by atoms with Crippen molar-refractivity contribution < 1.29 is 14.0 Å². The van der Waals surface area contributed by atoms with E-state index >= 15 is 0 Å². The lowest BCUT2D eigenvalue weighted by Gasteiger charge is -2.39. The summed E-state index contributed by atoms with van der Waals surface area (Å²) >= 11 is 3.39. The van der Waals surface area contributed by atoms with E-state index in [-0.39, 0.29) is 52.7 Å². The summed E-state index contributed by atoms with van der Waals surface area (Å²) in [5.41, 5.74) is 1.69. The van der Waals surface area contributed by atoms with E-state index in [1.54, 1.807) is 19.1 Å². The van der Waals surface area contributed by atoms with Crippen LogP contribution < -0.4 is 0 Å². The molecule has 1 saturated carbocycles. The Balaban J connectivity index is 0.00000193. The first kappa shape index (κ1) is 28.7. The van der Waals surface area contributed by atoms with Crippen molar-refractivity contribution in [3.8, 4) is 0 Å². The van der Waals surface area contributed by atoms with E-state index in [4.69, 9.17) is 0 Å². The normalized spacial score (nSPS) is 23.9. The molecule has 2 heterocycles. The lowest BCUT2D eigenvalue weighted by Crippen LogP contribution is -2.43. The number of rotatable bonds is 7. The number of benzene rings is 1. The largest absolute Gasteiger partial charge is 0.298 e. The zero-order valence-electron chi connectivity index (χ0n) is 18.9. The highest BCUT2D eigenvalue weighted by atomic mass is 35.5. The van der Waals surface area contributed by atoms with Crippen molar-refractivity contribution >= 4 is 59.2 Å². The minimum Gasteiger partial charge on any atom is -0.298 e. The number of Topliss-reactive ketones (excluding diaryl/α,β-unsaturated/α-hetero) is 1. The third kappa shape index (κ3) is 7.71. The van der Waals surface area contributed by atoms with Crippen LogP contribution in [0.1, 0.15) is 37.8 Å². The van der Waals surface area contributed by atoms with Gasteiger partial charge >= 0.3 is 0 Å². The Morgan fingerprint density at radius 3 is 2.48 bits per heavy atom. The Bertz CT molecular complexity index is 848. The smallest absolute Gasteiger partial charge is 0.186 e. The molecule has 4 nitrogen and oxygen atoms in total. The summed E-state index contributed by atoms with van der Waals surface area (Å²) in [6.45, 7) is 5.97. The number of ketones is 1. The average Bonchev–Trinajstić information content (AvgIpc) is 3.61. The second-order valence-corrected chi connectivity index (χ2v) is 11.3. The van der Waals surface area contributed by atoms with Gasteiger partial charge in [0.05, 0.1) is 6.04 Å². The predicted molar refractivity (Wildman–Crippen MR) is 141 cm³/mol. The molecule has 9 heteroatoms. The third-order valence-corrected chi connectivity index (χ3v) is 8.41. The van der Waals surface area contributed by atoms with E-state index < -0.39 is 6.04 Å².